The summed E-state index contributed by atoms with van der Waals surface area (Å²) in [5.41, 5.74) is 0. The van der Waals surface area contributed by atoms with Gasteiger partial charge in [-0.25, -0.2) is 0 Å². The Balaban J connectivity index is 0. The molecule has 266 valence electrons. The predicted octanol–water partition coefficient (Wildman–Crippen LogP) is 13.6. The fourth-order valence-electron chi connectivity index (χ4n) is 5.24. The summed E-state index contributed by atoms with van der Waals surface area (Å²) in [6, 6.07) is 0. The maximum Gasteiger partial charge on any atom is 0.306 e. The van der Waals surface area contributed by atoms with E-state index in [-0.39, 0.29) is 18.0 Å². The van der Waals surface area contributed by atoms with Crippen LogP contribution in [-0.4, -0.2) is 24.6 Å². The quantitative estimate of drug-likeness (QED) is 0.0420. The van der Waals surface area contributed by atoms with Gasteiger partial charge in [0.05, 0.1) is 12.7 Å². The van der Waals surface area contributed by atoms with Crippen molar-refractivity contribution >= 4 is 11.9 Å². The lowest BCUT2D eigenvalue weighted by molar-refractivity contribution is -0.147. The van der Waals surface area contributed by atoms with Crippen molar-refractivity contribution in [2.45, 2.75) is 221 Å². The second-order valence-corrected chi connectivity index (χ2v) is 13.0. The van der Waals surface area contributed by atoms with Crippen molar-refractivity contribution in [3.8, 4) is 0 Å². The molecule has 0 saturated heterocycles. The van der Waals surface area contributed by atoms with Crippen LogP contribution in [0, 0.1) is 0 Å². The van der Waals surface area contributed by atoms with E-state index in [1.807, 2.05) is 20.8 Å². The average Bonchev–Trinajstić information content (AvgIpc) is 3.01. The van der Waals surface area contributed by atoms with Crippen molar-refractivity contribution in [2.75, 3.05) is 6.61 Å². The standard InChI is InChI=1S/C21H40O2.C20H38O2/c1-4-5-6-7-8-9-10-11-12-13-14-15-16-17-18-19-21(22)23-20(2)3;1-3-5-6-7-8-9-10-11-12-13-14-15-16-17-18-19-20(21)22-4-2/h11-12,20H,4-10,13-19H2,1-3H3;11-12H,3-10,13-19H2,1-2H3/b2*12-11-. The van der Waals surface area contributed by atoms with E-state index in [9.17, 15) is 9.59 Å². The molecule has 0 aromatic heterocycles. The molecule has 0 aromatic rings. The van der Waals surface area contributed by atoms with Crippen LogP contribution in [0.15, 0.2) is 24.3 Å². The highest BCUT2D eigenvalue weighted by Crippen LogP contribution is 2.12. The van der Waals surface area contributed by atoms with Crippen molar-refractivity contribution in [3.05, 3.63) is 24.3 Å². The van der Waals surface area contributed by atoms with Gasteiger partial charge in [0.15, 0.2) is 0 Å². The number of hydrogen-bond donors (Lipinski definition) is 0. The Labute approximate surface area is 282 Å². The van der Waals surface area contributed by atoms with Crippen LogP contribution in [0.5, 0.6) is 0 Å². The molecule has 4 nitrogen and oxygen atoms in total. The van der Waals surface area contributed by atoms with Crippen molar-refractivity contribution in [2.24, 2.45) is 0 Å². The zero-order valence-corrected chi connectivity index (χ0v) is 31.0. The average molecular weight is 635 g/mol. The van der Waals surface area contributed by atoms with Gasteiger partial charge >= 0.3 is 11.9 Å². The van der Waals surface area contributed by atoms with E-state index in [1.54, 1.807) is 0 Å². The van der Waals surface area contributed by atoms with Crippen LogP contribution in [-0.2, 0) is 19.1 Å². The normalized spacial score (nSPS) is 11.3. The zero-order valence-electron chi connectivity index (χ0n) is 31.0. The molecule has 45 heavy (non-hydrogen) atoms. The Morgan fingerprint density at radius 1 is 0.444 bits per heavy atom. The Bertz CT molecular complexity index is 652. The highest BCUT2D eigenvalue weighted by molar-refractivity contribution is 5.69. The van der Waals surface area contributed by atoms with Crippen molar-refractivity contribution in [1.82, 2.24) is 0 Å². The summed E-state index contributed by atoms with van der Waals surface area (Å²) in [5, 5.41) is 0. The maximum atomic E-state index is 11.4. The minimum absolute atomic E-state index is 0.0191. The molecule has 0 bridgehead atoms. The van der Waals surface area contributed by atoms with Crippen molar-refractivity contribution in [1.29, 1.82) is 0 Å². The van der Waals surface area contributed by atoms with E-state index in [0.29, 0.717) is 19.4 Å². The molecular weight excluding hydrogens is 556 g/mol. The molecule has 0 amide bonds. The highest BCUT2D eigenvalue weighted by Gasteiger charge is 2.04. The Morgan fingerprint density at radius 3 is 1.09 bits per heavy atom. The van der Waals surface area contributed by atoms with Crippen LogP contribution in [0.4, 0.5) is 0 Å². The van der Waals surface area contributed by atoms with Gasteiger partial charge in [-0.1, -0.05) is 141 Å². The van der Waals surface area contributed by atoms with Crippen LogP contribution in [0.25, 0.3) is 0 Å². The lowest BCUT2D eigenvalue weighted by Crippen LogP contribution is -2.10. The van der Waals surface area contributed by atoms with Gasteiger partial charge in [-0.15, -0.1) is 0 Å². The Kier molecular flexibility index (Phi) is 40.9. The Hall–Kier alpha value is -1.58. The molecule has 0 aliphatic rings. The number of allylic oxidation sites excluding steroid dienone is 4. The minimum atomic E-state index is -0.0439. The van der Waals surface area contributed by atoms with Crippen molar-refractivity contribution < 1.29 is 19.1 Å². The van der Waals surface area contributed by atoms with Crippen LogP contribution in [0.3, 0.4) is 0 Å². The topological polar surface area (TPSA) is 52.6 Å². The van der Waals surface area contributed by atoms with Gasteiger partial charge in [0, 0.05) is 12.8 Å². The Morgan fingerprint density at radius 2 is 0.756 bits per heavy atom. The molecule has 0 heterocycles. The summed E-state index contributed by atoms with van der Waals surface area (Å²) in [7, 11) is 0. The third-order valence-corrected chi connectivity index (χ3v) is 7.96. The smallest absolute Gasteiger partial charge is 0.306 e. The minimum Gasteiger partial charge on any atom is -0.466 e. The zero-order chi connectivity index (χ0) is 33.5. The lowest BCUT2D eigenvalue weighted by atomic mass is 10.1. The molecule has 0 rings (SSSR count). The molecule has 0 unspecified atom stereocenters. The molecule has 0 spiro atoms. The van der Waals surface area contributed by atoms with E-state index in [4.69, 9.17) is 9.47 Å². The van der Waals surface area contributed by atoms with Gasteiger partial charge in [-0.2, -0.15) is 0 Å². The molecule has 0 aromatic carbocycles. The number of ether oxygens (including phenoxy) is 2. The second kappa shape index (κ2) is 40.4. The SMILES string of the molecule is CCCCCCCC/C=C\CCCCCCCC(=O)OC(C)C.CCCCCCCC/C=C\CCCCCCCC(=O)OCC. The summed E-state index contributed by atoms with van der Waals surface area (Å²) < 4.78 is 10.0. The number of carbonyl (C=O) groups excluding carboxylic acids is 2. The molecule has 0 atom stereocenters. The molecule has 0 radical (unpaired) electrons. The number of esters is 2. The van der Waals surface area contributed by atoms with Gasteiger partial charge in [0.25, 0.3) is 0 Å². The fraction of sp³-hybridized carbons (Fsp3) is 0.854. The first-order chi connectivity index (χ1) is 22.0. The monoisotopic (exact) mass is 635 g/mol. The van der Waals surface area contributed by atoms with Gasteiger partial charge in [0.2, 0.25) is 0 Å². The summed E-state index contributed by atoms with van der Waals surface area (Å²) >= 11 is 0. The lowest BCUT2D eigenvalue weighted by Gasteiger charge is -2.07. The highest BCUT2D eigenvalue weighted by atomic mass is 16.5. The van der Waals surface area contributed by atoms with Crippen LogP contribution in [0.1, 0.15) is 214 Å². The van der Waals surface area contributed by atoms with Crippen LogP contribution < -0.4 is 0 Å². The molecular formula is C41H78O4. The first kappa shape index (κ1) is 45.5. The maximum absolute atomic E-state index is 11.4. The largest absolute Gasteiger partial charge is 0.466 e. The summed E-state index contributed by atoms with van der Waals surface area (Å²) in [6.07, 6.45) is 44.0. The van der Waals surface area contributed by atoms with Gasteiger partial charge in [-0.05, 0) is 85.0 Å². The summed E-state index contributed by atoms with van der Waals surface area (Å²) in [5.74, 6) is -0.0854. The fourth-order valence-corrected chi connectivity index (χ4v) is 5.24. The van der Waals surface area contributed by atoms with Gasteiger partial charge in [0.1, 0.15) is 0 Å². The van der Waals surface area contributed by atoms with E-state index in [0.717, 1.165) is 25.7 Å². The first-order valence-electron chi connectivity index (χ1n) is 19.6. The number of rotatable bonds is 32. The third-order valence-electron chi connectivity index (χ3n) is 7.96. The van der Waals surface area contributed by atoms with Crippen molar-refractivity contribution in [3.63, 3.8) is 0 Å². The number of hydrogen-bond acceptors (Lipinski definition) is 4. The van der Waals surface area contributed by atoms with E-state index in [1.165, 1.54) is 141 Å². The summed E-state index contributed by atoms with van der Waals surface area (Å²) in [4.78, 5) is 22.5. The third kappa shape index (κ3) is 44.6. The van der Waals surface area contributed by atoms with Crippen LogP contribution in [0.2, 0.25) is 0 Å². The molecule has 0 aliphatic heterocycles. The van der Waals surface area contributed by atoms with E-state index >= 15 is 0 Å². The molecule has 0 fully saturated rings. The molecule has 4 heteroatoms. The molecule has 0 N–H and O–H groups in total. The van der Waals surface area contributed by atoms with Gasteiger partial charge < -0.3 is 9.47 Å². The molecule has 0 saturated carbocycles. The second-order valence-electron chi connectivity index (χ2n) is 13.0. The van der Waals surface area contributed by atoms with Gasteiger partial charge in [-0.3, -0.25) is 9.59 Å². The number of unbranched alkanes of at least 4 members (excludes halogenated alkanes) is 22. The first-order valence-corrected chi connectivity index (χ1v) is 19.6. The predicted molar refractivity (Wildman–Crippen MR) is 197 cm³/mol. The summed E-state index contributed by atoms with van der Waals surface area (Å²) in [6.45, 7) is 10.7. The van der Waals surface area contributed by atoms with Crippen LogP contribution >= 0.6 is 0 Å². The van der Waals surface area contributed by atoms with E-state index < -0.39 is 0 Å². The molecule has 0 aliphatic carbocycles. The van der Waals surface area contributed by atoms with E-state index in [2.05, 4.69) is 38.2 Å². The number of carbonyl (C=O) groups is 2.